The standard InChI is InChI=1S/C16H15NO5/c1-22-12-6-5-11-14-9(12)3-2-4-10(14)15(20)17(16(11)21)8-7-13(18)19/h2-6,13,18-19H,7-8H2,1H3. The van der Waals surface area contributed by atoms with Crippen LogP contribution in [-0.4, -0.2) is 46.9 Å². The number of methoxy groups -OCH3 is 1. The van der Waals surface area contributed by atoms with Crippen LogP contribution in [0.1, 0.15) is 27.1 Å². The molecule has 2 aromatic carbocycles. The van der Waals surface area contributed by atoms with Crippen molar-refractivity contribution in [3.8, 4) is 5.75 Å². The van der Waals surface area contributed by atoms with Crippen molar-refractivity contribution in [2.24, 2.45) is 0 Å². The number of amides is 2. The zero-order valence-electron chi connectivity index (χ0n) is 11.9. The van der Waals surface area contributed by atoms with Crippen LogP contribution in [0.3, 0.4) is 0 Å². The summed E-state index contributed by atoms with van der Waals surface area (Å²) in [6.07, 6.45) is -1.65. The third-order valence-corrected chi connectivity index (χ3v) is 3.78. The number of carbonyl (C=O) groups excluding carboxylic acids is 2. The molecule has 1 aliphatic rings. The van der Waals surface area contributed by atoms with Gasteiger partial charge in [0.2, 0.25) is 0 Å². The Morgan fingerprint density at radius 1 is 1.09 bits per heavy atom. The molecule has 0 radical (unpaired) electrons. The zero-order valence-corrected chi connectivity index (χ0v) is 11.9. The average molecular weight is 301 g/mol. The largest absolute Gasteiger partial charge is 0.496 e. The lowest BCUT2D eigenvalue weighted by molar-refractivity contribution is -0.0478. The van der Waals surface area contributed by atoms with E-state index in [4.69, 9.17) is 14.9 Å². The second kappa shape index (κ2) is 5.40. The van der Waals surface area contributed by atoms with Gasteiger partial charge in [-0.15, -0.1) is 0 Å². The van der Waals surface area contributed by atoms with E-state index in [1.54, 1.807) is 30.3 Å². The van der Waals surface area contributed by atoms with Crippen molar-refractivity contribution in [2.45, 2.75) is 12.7 Å². The molecule has 1 heterocycles. The molecule has 114 valence electrons. The molecule has 2 aromatic rings. The van der Waals surface area contributed by atoms with Crippen LogP contribution in [0.2, 0.25) is 0 Å². The van der Waals surface area contributed by atoms with Crippen LogP contribution in [0.25, 0.3) is 10.8 Å². The lowest BCUT2D eigenvalue weighted by Gasteiger charge is -2.27. The normalized spacial score (nSPS) is 14.1. The highest BCUT2D eigenvalue weighted by atomic mass is 16.5. The van der Waals surface area contributed by atoms with Crippen LogP contribution in [0.5, 0.6) is 5.75 Å². The molecule has 0 aliphatic carbocycles. The summed E-state index contributed by atoms with van der Waals surface area (Å²) in [7, 11) is 1.53. The van der Waals surface area contributed by atoms with Crippen LogP contribution in [-0.2, 0) is 0 Å². The van der Waals surface area contributed by atoms with E-state index >= 15 is 0 Å². The molecule has 1 aliphatic heterocycles. The topological polar surface area (TPSA) is 87.1 Å². The molecule has 2 amide bonds. The molecule has 6 heteroatoms. The molecule has 6 nitrogen and oxygen atoms in total. The van der Waals surface area contributed by atoms with Crippen molar-refractivity contribution in [1.82, 2.24) is 4.90 Å². The summed E-state index contributed by atoms with van der Waals surface area (Å²) in [5.41, 5.74) is 0.830. The van der Waals surface area contributed by atoms with Gasteiger partial charge in [0.25, 0.3) is 11.8 Å². The SMILES string of the molecule is COc1ccc2c3c(cccc13)C(=O)N(CCC(O)O)C2=O. The van der Waals surface area contributed by atoms with Crippen molar-refractivity contribution < 1.29 is 24.5 Å². The fraction of sp³-hybridized carbons (Fsp3) is 0.250. The summed E-state index contributed by atoms with van der Waals surface area (Å²) in [5, 5.41) is 19.2. The maximum atomic E-state index is 12.5. The van der Waals surface area contributed by atoms with Gasteiger partial charge in [-0.3, -0.25) is 14.5 Å². The first-order chi connectivity index (χ1) is 10.5. The highest BCUT2D eigenvalue weighted by Crippen LogP contribution is 2.35. The van der Waals surface area contributed by atoms with Crippen molar-refractivity contribution in [3.05, 3.63) is 41.5 Å². The minimum Gasteiger partial charge on any atom is -0.496 e. The molecular weight excluding hydrogens is 286 g/mol. The van der Waals surface area contributed by atoms with Gasteiger partial charge in [0.1, 0.15) is 5.75 Å². The van der Waals surface area contributed by atoms with E-state index in [1.165, 1.54) is 7.11 Å². The maximum absolute atomic E-state index is 12.5. The lowest BCUT2D eigenvalue weighted by Crippen LogP contribution is -2.41. The smallest absolute Gasteiger partial charge is 0.261 e. The molecule has 22 heavy (non-hydrogen) atoms. The minimum atomic E-state index is -1.56. The number of carbonyl (C=O) groups is 2. The summed E-state index contributed by atoms with van der Waals surface area (Å²) >= 11 is 0. The van der Waals surface area contributed by atoms with E-state index in [0.29, 0.717) is 27.6 Å². The Kier molecular flexibility index (Phi) is 3.56. The first-order valence-electron chi connectivity index (χ1n) is 6.86. The van der Waals surface area contributed by atoms with Crippen molar-refractivity contribution in [1.29, 1.82) is 0 Å². The van der Waals surface area contributed by atoms with Crippen LogP contribution in [0, 0.1) is 0 Å². The van der Waals surface area contributed by atoms with Crippen molar-refractivity contribution >= 4 is 22.6 Å². The van der Waals surface area contributed by atoms with Gasteiger partial charge in [0.15, 0.2) is 6.29 Å². The Balaban J connectivity index is 2.15. The summed E-state index contributed by atoms with van der Waals surface area (Å²) in [6, 6.07) is 8.50. The Morgan fingerprint density at radius 3 is 2.41 bits per heavy atom. The lowest BCUT2D eigenvalue weighted by atomic mass is 9.93. The summed E-state index contributed by atoms with van der Waals surface area (Å²) in [6.45, 7) is -0.0445. The molecule has 2 N–H and O–H groups in total. The van der Waals surface area contributed by atoms with Crippen LogP contribution >= 0.6 is 0 Å². The van der Waals surface area contributed by atoms with Gasteiger partial charge in [0.05, 0.1) is 7.11 Å². The predicted molar refractivity (Wildman–Crippen MR) is 78.7 cm³/mol. The number of rotatable bonds is 4. The number of aliphatic hydroxyl groups is 2. The van der Waals surface area contributed by atoms with Gasteiger partial charge in [-0.1, -0.05) is 12.1 Å². The van der Waals surface area contributed by atoms with Crippen molar-refractivity contribution in [2.75, 3.05) is 13.7 Å². The minimum absolute atomic E-state index is 0.0445. The Labute approximate surface area is 126 Å². The van der Waals surface area contributed by atoms with E-state index in [0.717, 1.165) is 4.90 Å². The van der Waals surface area contributed by atoms with E-state index in [2.05, 4.69) is 0 Å². The average Bonchev–Trinajstić information content (AvgIpc) is 2.51. The number of benzene rings is 2. The van der Waals surface area contributed by atoms with E-state index in [9.17, 15) is 9.59 Å². The molecule has 0 atom stereocenters. The fourth-order valence-corrected chi connectivity index (χ4v) is 2.75. The second-order valence-electron chi connectivity index (χ2n) is 5.07. The van der Waals surface area contributed by atoms with Gasteiger partial charge >= 0.3 is 0 Å². The number of imide groups is 1. The number of ether oxygens (including phenoxy) is 1. The van der Waals surface area contributed by atoms with Gasteiger partial charge in [-0.2, -0.15) is 0 Å². The molecule has 0 unspecified atom stereocenters. The molecule has 0 saturated carbocycles. The first kappa shape index (κ1) is 14.5. The highest BCUT2D eigenvalue weighted by molar-refractivity contribution is 6.26. The van der Waals surface area contributed by atoms with Crippen LogP contribution in [0.15, 0.2) is 30.3 Å². The van der Waals surface area contributed by atoms with Gasteiger partial charge in [-0.25, -0.2) is 0 Å². The van der Waals surface area contributed by atoms with Gasteiger partial charge in [-0.05, 0) is 18.2 Å². The molecule has 0 bridgehead atoms. The quantitative estimate of drug-likeness (QED) is 0.653. The fourth-order valence-electron chi connectivity index (χ4n) is 2.75. The Hall–Kier alpha value is -2.44. The highest BCUT2D eigenvalue weighted by Gasteiger charge is 2.33. The second-order valence-corrected chi connectivity index (χ2v) is 5.07. The van der Waals surface area contributed by atoms with Gasteiger partial charge in [0, 0.05) is 34.9 Å². The molecule has 3 rings (SSSR count). The number of hydrogen-bond donors (Lipinski definition) is 2. The third kappa shape index (κ3) is 2.13. The van der Waals surface area contributed by atoms with Crippen molar-refractivity contribution in [3.63, 3.8) is 0 Å². The van der Waals surface area contributed by atoms with Gasteiger partial charge < -0.3 is 14.9 Å². The molecule has 0 saturated heterocycles. The predicted octanol–water partition coefficient (Wildman–Crippen LogP) is 1.15. The first-order valence-corrected chi connectivity index (χ1v) is 6.86. The number of aliphatic hydroxyl groups excluding tert-OH is 1. The molecule has 0 aromatic heterocycles. The number of hydrogen-bond acceptors (Lipinski definition) is 5. The van der Waals surface area contributed by atoms with E-state index < -0.39 is 18.1 Å². The zero-order chi connectivity index (χ0) is 15.9. The Bertz CT molecular complexity index is 746. The van der Waals surface area contributed by atoms with Crippen LogP contribution < -0.4 is 4.74 Å². The van der Waals surface area contributed by atoms with Crippen LogP contribution in [0.4, 0.5) is 0 Å². The summed E-state index contributed by atoms with van der Waals surface area (Å²) in [5.74, 6) is -0.269. The molecule has 0 spiro atoms. The molecule has 0 fully saturated rings. The maximum Gasteiger partial charge on any atom is 0.261 e. The summed E-state index contributed by atoms with van der Waals surface area (Å²) < 4.78 is 5.28. The number of nitrogens with zero attached hydrogens (tertiary/aromatic N) is 1. The van der Waals surface area contributed by atoms with E-state index in [1.807, 2.05) is 0 Å². The molecular formula is C16H15NO5. The Morgan fingerprint density at radius 2 is 1.77 bits per heavy atom. The van der Waals surface area contributed by atoms with E-state index in [-0.39, 0.29) is 13.0 Å². The third-order valence-electron chi connectivity index (χ3n) is 3.78. The summed E-state index contributed by atoms with van der Waals surface area (Å²) in [4.78, 5) is 26.1. The monoisotopic (exact) mass is 301 g/mol.